The quantitative estimate of drug-likeness (QED) is 0.300. The summed E-state index contributed by atoms with van der Waals surface area (Å²) in [5.41, 5.74) is 0. The Morgan fingerprint density at radius 1 is 1.08 bits per heavy atom. The molecule has 0 aliphatic heterocycles. The molecular formula is C20H36O5. The number of rotatable bonds is 13. The molecule has 0 aromatic heterocycles. The van der Waals surface area contributed by atoms with Crippen molar-refractivity contribution in [2.24, 2.45) is 11.8 Å². The van der Waals surface area contributed by atoms with Crippen molar-refractivity contribution >= 4 is 5.78 Å². The second-order valence-corrected chi connectivity index (χ2v) is 7.43. The lowest BCUT2D eigenvalue weighted by Crippen LogP contribution is -2.19. The summed E-state index contributed by atoms with van der Waals surface area (Å²) in [6.07, 6.45) is 9.79. The lowest BCUT2D eigenvalue weighted by Gasteiger charge is -2.18. The second kappa shape index (κ2) is 12.6. The van der Waals surface area contributed by atoms with Gasteiger partial charge in [0.2, 0.25) is 0 Å². The molecule has 0 radical (unpaired) electrons. The molecule has 0 aromatic rings. The first-order valence-electron chi connectivity index (χ1n) is 9.81. The van der Waals surface area contributed by atoms with Crippen LogP contribution in [0.3, 0.4) is 0 Å². The molecule has 0 bridgehead atoms. The summed E-state index contributed by atoms with van der Waals surface area (Å²) in [6, 6.07) is 0. The van der Waals surface area contributed by atoms with Crippen molar-refractivity contribution in [3.63, 3.8) is 0 Å². The van der Waals surface area contributed by atoms with E-state index in [1.165, 1.54) is 0 Å². The summed E-state index contributed by atoms with van der Waals surface area (Å²) in [6.45, 7) is 1.97. The Hall–Kier alpha value is -0.750. The Labute approximate surface area is 151 Å². The zero-order valence-electron chi connectivity index (χ0n) is 15.5. The van der Waals surface area contributed by atoms with Crippen LogP contribution in [0.1, 0.15) is 71.1 Å². The minimum absolute atomic E-state index is 0.126. The molecule has 5 nitrogen and oxygen atoms in total. The zero-order chi connectivity index (χ0) is 18.7. The third-order valence-corrected chi connectivity index (χ3v) is 5.08. The highest BCUT2D eigenvalue weighted by atomic mass is 16.3. The van der Waals surface area contributed by atoms with Gasteiger partial charge in [-0.2, -0.15) is 0 Å². The summed E-state index contributed by atoms with van der Waals surface area (Å²) < 4.78 is 0. The van der Waals surface area contributed by atoms with Crippen molar-refractivity contribution in [2.75, 3.05) is 6.61 Å². The topological polar surface area (TPSA) is 98.0 Å². The van der Waals surface area contributed by atoms with E-state index in [1.807, 2.05) is 6.08 Å². The van der Waals surface area contributed by atoms with Gasteiger partial charge in [-0.25, -0.2) is 0 Å². The van der Waals surface area contributed by atoms with Crippen LogP contribution in [0, 0.1) is 11.8 Å². The van der Waals surface area contributed by atoms with E-state index < -0.39 is 12.2 Å². The molecule has 0 amide bonds. The molecule has 0 spiro atoms. The monoisotopic (exact) mass is 356 g/mol. The van der Waals surface area contributed by atoms with E-state index in [0.29, 0.717) is 12.8 Å². The molecule has 1 aliphatic carbocycles. The minimum Gasteiger partial charge on any atom is -0.396 e. The predicted molar refractivity (Wildman–Crippen MR) is 98.1 cm³/mol. The maximum atomic E-state index is 12.1. The van der Waals surface area contributed by atoms with E-state index in [0.717, 1.165) is 44.9 Å². The van der Waals surface area contributed by atoms with E-state index >= 15 is 0 Å². The third kappa shape index (κ3) is 8.95. The number of hydrogen-bond donors (Lipinski definition) is 4. The van der Waals surface area contributed by atoms with Crippen LogP contribution < -0.4 is 0 Å². The fourth-order valence-corrected chi connectivity index (χ4v) is 3.57. The Morgan fingerprint density at radius 3 is 2.44 bits per heavy atom. The molecule has 4 N–H and O–H groups in total. The average Bonchev–Trinajstić information content (AvgIpc) is 2.81. The molecule has 0 heterocycles. The second-order valence-electron chi connectivity index (χ2n) is 7.43. The Bertz CT molecular complexity index is 394. The van der Waals surface area contributed by atoms with E-state index in [2.05, 4.69) is 0 Å². The number of ketones is 1. The fourth-order valence-electron chi connectivity index (χ4n) is 3.57. The number of unbranched alkanes of at least 4 members (excludes halogenated alkanes) is 4. The highest BCUT2D eigenvalue weighted by molar-refractivity contribution is 5.84. The zero-order valence-corrected chi connectivity index (χ0v) is 15.5. The van der Waals surface area contributed by atoms with Crippen molar-refractivity contribution in [3.05, 3.63) is 12.2 Å². The molecular weight excluding hydrogens is 320 g/mol. The standard InChI is InChI=1S/C20H36O5/c1-15(22)8-7-9-16(23)11-12-18-17(19(24)14-20(18)25)10-5-3-2-4-6-13-21/h11-12,15-18,20-23,25H,2-10,13-14H2,1H3/t15-,16+,17+,18+,20+/m0/s1. The molecule has 5 heteroatoms. The van der Waals surface area contributed by atoms with Crippen LogP contribution in [0.4, 0.5) is 0 Å². The smallest absolute Gasteiger partial charge is 0.139 e. The van der Waals surface area contributed by atoms with Crippen LogP contribution >= 0.6 is 0 Å². The SMILES string of the molecule is C[C@H](O)CCC[C@@H](O)C=C[C@H]1[C@H](O)CC(=O)[C@@H]1CCCCCCCO. The third-order valence-electron chi connectivity index (χ3n) is 5.08. The van der Waals surface area contributed by atoms with Crippen molar-refractivity contribution in [2.45, 2.75) is 89.4 Å². The summed E-state index contributed by atoms with van der Waals surface area (Å²) in [5, 5.41) is 38.2. The van der Waals surface area contributed by atoms with Gasteiger partial charge in [0, 0.05) is 24.9 Å². The van der Waals surface area contributed by atoms with Gasteiger partial charge in [-0.15, -0.1) is 0 Å². The number of carbonyl (C=O) groups excluding carboxylic acids is 1. The van der Waals surface area contributed by atoms with Crippen LogP contribution in [0.15, 0.2) is 12.2 Å². The summed E-state index contributed by atoms with van der Waals surface area (Å²) in [5.74, 6) is -0.216. The molecule has 1 aliphatic rings. The van der Waals surface area contributed by atoms with Gasteiger partial charge in [-0.1, -0.05) is 37.8 Å². The average molecular weight is 357 g/mol. The van der Waals surface area contributed by atoms with Gasteiger partial charge in [-0.3, -0.25) is 4.79 Å². The van der Waals surface area contributed by atoms with Crippen LogP contribution in [-0.2, 0) is 4.79 Å². The number of carbonyl (C=O) groups is 1. The highest BCUT2D eigenvalue weighted by Gasteiger charge is 2.39. The maximum Gasteiger partial charge on any atom is 0.139 e. The Kier molecular flexibility index (Phi) is 11.2. The minimum atomic E-state index is -0.646. The van der Waals surface area contributed by atoms with Gasteiger partial charge < -0.3 is 20.4 Å². The van der Waals surface area contributed by atoms with Crippen molar-refractivity contribution in [1.29, 1.82) is 0 Å². The van der Waals surface area contributed by atoms with Gasteiger partial charge in [0.1, 0.15) is 5.78 Å². The molecule has 25 heavy (non-hydrogen) atoms. The molecule has 146 valence electrons. The number of hydrogen-bond acceptors (Lipinski definition) is 5. The van der Waals surface area contributed by atoms with E-state index in [9.17, 15) is 20.1 Å². The van der Waals surface area contributed by atoms with Gasteiger partial charge >= 0.3 is 0 Å². The lowest BCUT2D eigenvalue weighted by atomic mass is 9.88. The maximum absolute atomic E-state index is 12.1. The number of Topliss-reactive ketones (excluding diaryl/α,β-unsaturated/α-hetero) is 1. The van der Waals surface area contributed by atoms with E-state index in [4.69, 9.17) is 5.11 Å². The summed E-state index contributed by atoms with van der Waals surface area (Å²) in [4.78, 5) is 12.1. The first-order chi connectivity index (χ1) is 12.0. The Morgan fingerprint density at radius 2 is 1.76 bits per heavy atom. The van der Waals surface area contributed by atoms with Crippen molar-refractivity contribution < 1.29 is 25.2 Å². The largest absolute Gasteiger partial charge is 0.396 e. The number of aliphatic hydroxyl groups excluding tert-OH is 4. The van der Waals surface area contributed by atoms with E-state index in [-0.39, 0.29) is 36.8 Å². The van der Waals surface area contributed by atoms with Crippen LogP contribution in [0.25, 0.3) is 0 Å². The van der Waals surface area contributed by atoms with Crippen molar-refractivity contribution in [1.82, 2.24) is 0 Å². The first kappa shape index (κ1) is 22.3. The highest BCUT2D eigenvalue weighted by Crippen LogP contribution is 2.34. The van der Waals surface area contributed by atoms with Crippen LogP contribution in [-0.4, -0.2) is 51.1 Å². The summed E-state index contributed by atoms with van der Waals surface area (Å²) in [7, 11) is 0. The first-order valence-corrected chi connectivity index (χ1v) is 9.81. The van der Waals surface area contributed by atoms with Gasteiger partial charge in [-0.05, 0) is 39.0 Å². The normalized spacial score (nSPS) is 26.4. The van der Waals surface area contributed by atoms with Crippen LogP contribution in [0.2, 0.25) is 0 Å². The Balaban J connectivity index is 2.40. The summed E-state index contributed by atoms with van der Waals surface area (Å²) >= 11 is 0. The molecule has 1 fully saturated rings. The lowest BCUT2D eigenvalue weighted by molar-refractivity contribution is -0.121. The fraction of sp³-hybridized carbons (Fsp3) is 0.850. The van der Waals surface area contributed by atoms with Crippen LogP contribution in [0.5, 0.6) is 0 Å². The predicted octanol–water partition coefficient (Wildman–Crippen LogP) is 2.35. The molecule has 1 rings (SSSR count). The van der Waals surface area contributed by atoms with Gasteiger partial charge in [0.25, 0.3) is 0 Å². The van der Waals surface area contributed by atoms with Gasteiger partial charge in [0.05, 0.1) is 18.3 Å². The molecule has 1 saturated carbocycles. The van der Waals surface area contributed by atoms with Crippen molar-refractivity contribution in [3.8, 4) is 0 Å². The van der Waals surface area contributed by atoms with E-state index in [1.54, 1.807) is 13.0 Å². The number of aliphatic hydroxyl groups is 4. The van der Waals surface area contributed by atoms with Gasteiger partial charge in [0.15, 0.2) is 0 Å². The molecule has 0 unspecified atom stereocenters. The molecule has 5 atom stereocenters. The molecule has 0 saturated heterocycles. The molecule has 0 aromatic carbocycles.